The molecule has 0 saturated heterocycles. The summed E-state index contributed by atoms with van der Waals surface area (Å²) in [5.41, 5.74) is 15.1. The van der Waals surface area contributed by atoms with Crippen LogP contribution >= 0.6 is 0 Å². The van der Waals surface area contributed by atoms with Gasteiger partial charge in [-0.05, 0) is 38.3 Å². The number of nitriles is 1. The second-order valence-corrected chi connectivity index (χ2v) is 6.22. The van der Waals surface area contributed by atoms with E-state index in [-0.39, 0.29) is 0 Å². The molecule has 0 fully saturated rings. The SMILES string of the molecule is CCCCNC(N)=NCCCc1nn(-c2ccc(C)cc2)c(N)c1C#N. The molecule has 0 atom stereocenters. The van der Waals surface area contributed by atoms with Gasteiger partial charge in [0.25, 0.3) is 0 Å². The molecule has 0 unspecified atom stereocenters. The molecule has 7 heteroatoms. The van der Waals surface area contributed by atoms with Gasteiger partial charge in [-0.3, -0.25) is 4.99 Å². The van der Waals surface area contributed by atoms with Crippen LogP contribution < -0.4 is 16.8 Å². The molecule has 7 nitrogen and oxygen atoms in total. The molecule has 0 bridgehead atoms. The van der Waals surface area contributed by atoms with E-state index in [2.05, 4.69) is 28.4 Å². The molecule has 0 spiro atoms. The third-order valence-corrected chi connectivity index (χ3v) is 4.07. The van der Waals surface area contributed by atoms with Crippen molar-refractivity contribution in [3.05, 3.63) is 41.1 Å². The smallest absolute Gasteiger partial charge is 0.188 e. The zero-order valence-electron chi connectivity index (χ0n) is 15.5. The summed E-state index contributed by atoms with van der Waals surface area (Å²) in [6.07, 6.45) is 3.55. The molecule has 5 N–H and O–H groups in total. The quantitative estimate of drug-likeness (QED) is 0.382. The van der Waals surface area contributed by atoms with Gasteiger partial charge in [0.15, 0.2) is 5.96 Å². The zero-order valence-corrected chi connectivity index (χ0v) is 15.5. The number of anilines is 1. The van der Waals surface area contributed by atoms with Crippen LogP contribution in [0.4, 0.5) is 5.82 Å². The van der Waals surface area contributed by atoms with Crippen LogP contribution in [0.5, 0.6) is 0 Å². The molecule has 1 aromatic heterocycles. The topological polar surface area (TPSA) is 118 Å². The Kier molecular flexibility index (Phi) is 7.03. The molecule has 26 heavy (non-hydrogen) atoms. The second-order valence-electron chi connectivity index (χ2n) is 6.22. The summed E-state index contributed by atoms with van der Waals surface area (Å²) in [6, 6.07) is 10.0. The maximum absolute atomic E-state index is 9.43. The molecule has 0 aliphatic rings. The number of hydrogen-bond donors (Lipinski definition) is 3. The fourth-order valence-corrected chi connectivity index (χ4v) is 2.55. The number of aliphatic imine (C=N–C) groups is 1. The Morgan fingerprint density at radius 2 is 2.04 bits per heavy atom. The lowest BCUT2D eigenvalue weighted by molar-refractivity contribution is 0.740. The maximum atomic E-state index is 9.43. The average molecular weight is 353 g/mol. The van der Waals surface area contributed by atoms with Crippen molar-refractivity contribution in [3.63, 3.8) is 0 Å². The van der Waals surface area contributed by atoms with Gasteiger partial charge < -0.3 is 16.8 Å². The minimum Gasteiger partial charge on any atom is -0.382 e. The number of nitrogens with two attached hydrogens (primary N) is 2. The maximum Gasteiger partial charge on any atom is 0.188 e. The lowest BCUT2D eigenvalue weighted by Gasteiger charge is -2.04. The first kappa shape index (κ1) is 19.3. The van der Waals surface area contributed by atoms with E-state index in [4.69, 9.17) is 11.5 Å². The Morgan fingerprint density at radius 3 is 2.69 bits per heavy atom. The molecule has 2 rings (SSSR count). The summed E-state index contributed by atoms with van der Waals surface area (Å²) in [4.78, 5) is 4.30. The fraction of sp³-hybridized carbons (Fsp3) is 0.421. The molecule has 1 heterocycles. The minimum atomic E-state index is 0.371. The van der Waals surface area contributed by atoms with Gasteiger partial charge in [0, 0.05) is 13.1 Å². The molecule has 0 aliphatic heterocycles. The van der Waals surface area contributed by atoms with Gasteiger partial charge in [-0.15, -0.1) is 0 Å². The van der Waals surface area contributed by atoms with Crippen LogP contribution in [0.15, 0.2) is 29.3 Å². The monoisotopic (exact) mass is 353 g/mol. The van der Waals surface area contributed by atoms with Crippen LogP contribution in [-0.4, -0.2) is 28.8 Å². The van der Waals surface area contributed by atoms with E-state index >= 15 is 0 Å². The van der Waals surface area contributed by atoms with Crippen molar-refractivity contribution in [2.24, 2.45) is 10.7 Å². The van der Waals surface area contributed by atoms with Crippen molar-refractivity contribution in [2.75, 3.05) is 18.8 Å². The molecule has 138 valence electrons. The Labute approximate surface area is 154 Å². The predicted octanol–water partition coefficient (Wildman–Crippen LogP) is 2.27. The number of nitrogens with one attached hydrogen (secondary N) is 1. The number of nitrogens with zero attached hydrogens (tertiary/aromatic N) is 4. The highest BCUT2D eigenvalue weighted by Gasteiger charge is 2.16. The van der Waals surface area contributed by atoms with Gasteiger partial charge >= 0.3 is 0 Å². The van der Waals surface area contributed by atoms with E-state index in [9.17, 15) is 5.26 Å². The molecule has 0 saturated carbocycles. The molecular weight excluding hydrogens is 326 g/mol. The molecule has 1 aromatic carbocycles. The third-order valence-electron chi connectivity index (χ3n) is 4.07. The highest BCUT2D eigenvalue weighted by atomic mass is 15.3. The van der Waals surface area contributed by atoms with Crippen molar-refractivity contribution in [2.45, 2.75) is 39.5 Å². The summed E-state index contributed by atoms with van der Waals surface area (Å²) in [5, 5.41) is 17.0. The summed E-state index contributed by atoms with van der Waals surface area (Å²) in [6.45, 7) is 5.56. The number of benzene rings is 1. The number of guanidine groups is 1. The fourth-order valence-electron chi connectivity index (χ4n) is 2.55. The van der Waals surface area contributed by atoms with Crippen LogP contribution in [0.1, 0.15) is 43.0 Å². The van der Waals surface area contributed by atoms with Crippen molar-refractivity contribution < 1.29 is 0 Å². The Balaban J connectivity index is 2.01. The normalized spacial score (nSPS) is 11.3. The van der Waals surface area contributed by atoms with Gasteiger partial charge in [-0.1, -0.05) is 31.0 Å². The first-order chi connectivity index (χ1) is 12.6. The van der Waals surface area contributed by atoms with E-state index in [0.29, 0.717) is 36.0 Å². The van der Waals surface area contributed by atoms with Crippen LogP contribution in [0.25, 0.3) is 5.69 Å². The van der Waals surface area contributed by atoms with Gasteiger partial charge in [0.2, 0.25) is 0 Å². The Hall–Kier alpha value is -3.01. The number of rotatable bonds is 8. The second kappa shape index (κ2) is 9.47. The van der Waals surface area contributed by atoms with Gasteiger partial charge in [0.1, 0.15) is 17.5 Å². The van der Waals surface area contributed by atoms with E-state index in [0.717, 1.165) is 37.1 Å². The van der Waals surface area contributed by atoms with Crippen LogP contribution in [0.3, 0.4) is 0 Å². The first-order valence-electron chi connectivity index (χ1n) is 8.95. The van der Waals surface area contributed by atoms with E-state index < -0.39 is 0 Å². The van der Waals surface area contributed by atoms with Gasteiger partial charge in [0.05, 0.1) is 11.4 Å². The van der Waals surface area contributed by atoms with Crippen molar-refractivity contribution in [3.8, 4) is 11.8 Å². The minimum absolute atomic E-state index is 0.371. The average Bonchev–Trinajstić information content (AvgIpc) is 2.95. The summed E-state index contributed by atoms with van der Waals surface area (Å²) in [5.74, 6) is 0.833. The van der Waals surface area contributed by atoms with Crippen LogP contribution in [0.2, 0.25) is 0 Å². The number of aromatic nitrogens is 2. The van der Waals surface area contributed by atoms with Crippen molar-refractivity contribution in [1.82, 2.24) is 15.1 Å². The van der Waals surface area contributed by atoms with Crippen LogP contribution in [0, 0.1) is 18.3 Å². The Bertz CT molecular complexity index is 781. The molecular formula is C19H27N7. The first-order valence-corrected chi connectivity index (χ1v) is 8.95. The highest BCUT2D eigenvalue weighted by molar-refractivity contribution is 5.77. The highest BCUT2D eigenvalue weighted by Crippen LogP contribution is 2.21. The van der Waals surface area contributed by atoms with Crippen molar-refractivity contribution in [1.29, 1.82) is 5.26 Å². The lowest BCUT2D eigenvalue weighted by Crippen LogP contribution is -2.32. The number of nitrogen functional groups attached to an aromatic ring is 1. The van der Waals surface area contributed by atoms with E-state index in [1.165, 1.54) is 0 Å². The number of unbranched alkanes of at least 4 members (excludes halogenated alkanes) is 1. The zero-order chi connectivity index (χ0) is 18.9. The van der Waals surface area contributed by atoms with Crippen LogP contribution in [-0.2, 0) is 6.42 Å². The molecule has 0 aliphatic carbocycles. The van der Waals surface area contributed by atoms with E-state index in [1.807, 2.05) is 31.2 Å². The van der Waals surface area contributed by atoms with Gasteiger partial charge in [-0.25, -0.2) is 4.68 Å². The molecule has 0 radical (unpaired) electrons. The van der Waals surface area contributed by atoms with Gasteiger partial charge in [-0.2, -0.15) is 10.4 Å². The summed E-state index contributed by atoms with van der Waals surface area (Å²) >= 11 is 0. The van der Waals surface area contributed by atoms with E-state index in [1.54, 1.807) is 4.68 Å². The summed E-state index contributed by atoms with van der Waals surface area (Å²) in [7, 11) is 0. The number of aryl methyl sites for hydroxylation is 2. The Morgan fingerprint density at radius 1 is 1.31 bits per heavy atom. The standard InChI is InChI=1S/C19H27N7/c1-3-4-11-23-19(22)24-12-5-6-17-16(13-20)18(21)26(25-17)15-9-7-14(2)8-10-15/h7-10H,3-6,11-12,21H2,1-2H3,(H3,22,23,24). The lowest BCUT2D eigenvalue weighted by atomic mass is 10.1. The molecule has 0 amide bonds. The largest absolute Gasteiger partial charge is 0.382 e. The summed E-state index contributed by atoms with van der Waals surface area (Å²) < 4.78 is 1.62. The third kappa shape index (κ3) is 4.99. The molecule has 2 aromatic rings. The predicted molar refractivity (Wildman–Crippen MR) is 105 cm³/mol. The number of hydrogen-bond acceptors (Lipinski definition) is 4. The van der Waals surface area contributed by atoms with Crippen molar-refractivity contribution >= 4 is 11.8 Å².